The molecule has 6 rings (SSSR count). The summed E-state index contributed by atoms with van der Waals surface area (Å²) < 4.78 is 39.4. The molecule has 1 aromatic heterocycles. The lowest BCUT2D eigenvalue weighted by Crippen LogP contribution is -2.59. The van der Waals surface area contributed by atoms with Gasteiger partial charge in [0.1, 0.15) is 11.6 Å². The molecule has 1 atom stereocenters. The number of phenols is 1. The average molecular weight is 567 g/mol. The highest BCUT2D eigenvalue weighted by Gasteiger charge is 2.49. The number of rotatable bonds is 5. The molecule has 3 aromatic rings. The van der Waals surface area contributed by atoms with Crippen molar-refractivity contribution in [2.45, 2.75) is 38.6 Å². The molecule has 0 bridgehead atoms. The molecule has 10 heteroatoms. The van der Waals surface area contributed by atoms with Crippen LogP contribution in [0.1, 0.15) is 23.2 Å². The van der Waals surface area contributed by atoms with Crippen LogP contribution in [0.4, 0.5) is 19.0 Å². The monoisotopic (exact) mass is 566 g/mol. The molecule has 216 valence electrons. The Balaban J connectivity index is 1.41. The summed E-state index contributed by atoms with van der Waals surface area (Å²) >= 11 is 0. The van der Waals surface area contributed by atoms with Crippen LogP contribution in [0.25, 0.3) is 21.9 Å². The third-order valence-corrected chi connectivity index (χ3v) is 8.87. The standard InChI is InChI=1S/C31H33F3N4O3/c1-3-27(41)38-17-30(18-38)10-12-37(16-30)29-19(2)28(23-6-4-5-20-13-21(39)7-8-22(20)23)24-9-11-36(14-25(24)35-29)15-26(40)31(32,33)34/h3-8,13,26,39-40H,1,9-12,14-18H2,2H3/t26-/m0/s1. The first-order chi connectivity index (χ1) is 19.5. The summed E-state index contributed by atoms with van der Waals surface area (Å²) in [5, 5.41) is 21.7. The van der Waals surface area contributed by atoms with Gasteiger partial charge in [-0.15, -0.1) is 0 Å². The van der Waals surface area contributed by atoms with Crippen molar-refractivity contribution in [1.29, 1.82) is 0 Å². The van der Waals surface area contributed by atoms with Crippen LogP contribution in [-0.2, 0) is 17.8 Å². The van der Waals surface area contributed by atoms with Crippen LogP contribution >= 0.6 is 0 Å². The van der Waals surface area contributed by atoms with Gasteiger partial charge in [0, 0.05) is 51.2 Å². The normalized spacial score (nSPS) is 19.3. The van der Waals surface area contributed by atoms with Crippen molar-refractivity contribution in [2.75, 3.05) is 44.2 Å². The van der Waals surface area contributed by atoms with Crippen LogP contribution in [0.3, 0.4) is 0 Å². The smallest absolute Gasteiger partial charge is 0.415 e. The number of aliphatic hydroxyl groups is 1. The minimum atomic E-state index is -4.68. The van der Waals surface area contributed by atoms with Crippen molar-refractivity contribution in [3.05, 3.63) is 65.9 Å². The number of hydrogen-bond acceptors (Lipinski definition) is 6. The lowest BCUT2D eigenvalue weighted by molar-refractivity contribution is -0.208. The van der Waals surface area contributed by atoms with E-state index in [4.69, 9.17) is 4.98 Å². The van der Waals surface area contributed by atoms with Crippen molar-refractivity contribution in [3.63, 3.8) is 0 Å². The lowest BCUT2D eigenvalue weighted by atomic mass is 9.79. The predicted molar refractivity (Wildman–Crippen MR) is 151 cm³/mol. The lowest BCUT2D eigenvalue weighted by Gasteiger charge is -2.47. The first kappa shape index (κ1) is 27.5. The zero-order valence-electron chi connectivity index (χ0n) is 22.9. The van der Waals surface area contributed by atoms with E-state index in [2.05, 4.69) is 18.4 Å². The Morgan fingerprint density at radius 3 is 2.71 bits per heavy atom. The number of amides is 1. The highest BCUT2D eigenvalue weighted by atomic mass is 19.4. The van der Waals surface area contributed by atoms with Crippen LogP contribution in [0.2, 0.25) is 0 Å². The van der Waals surface area contributed by atoms with Gasteiger partial charge in [-0.1, -0.05) is 30.8 Å². The molecule has 1 amide bonds. The fourth-order valence-corrected chi connectivity index (χ4v) is 6.81. The number of aromatic hydroxyl groups is 1. The molecule has 4 heterocycles. The Morgan fingerprint density at radius 1 is 1.20 bits per heavy atom. The molecule has 1 spiro atoms. The third kappa shape index (κ3) is 4.93. The number of fused-ring (bicyclic) bond motifs is 2. The van der Waals surface area contributed by atoms with Crippen LogP contribution in [0.5, 0.6) is 5.75 Å². The molecule has 41 heavy (non-hydrogen) atoms. The minimum Gasteiger partial charge on any atom is -0.508 e. The second-order valence-electron chi connectivity index (χ2n) is 11.7. The number of aliphatic hydroxyl groups excluding tert-OH is 1. The molecular weight excluding hydrogens is 533 g/mol. The van der Waals surface area contributed by atoms with E-state index in [0.29, 0.717) is 26.1 Å². The van der Waals surface area contributed by atoms with Crippen molar-refractivity contribution < 1.29 is 28.2 Å². The maximum absolute atomic E-state index is 13.1. The summed E-state index contributed by atoms with van der Waals surface area (Å²) in [7, 11) is 0. The van der Waals surface area contributed by atoms with Gasteiger partial charge in [-0.2, -0.15) is 13.2 Å². The van der Waals surface area contributed by atoms with E-state index in [-0.39, 0.29) is 23.6 Å². The molecule has 2 fully saturated rings. The zero-order valence-corrected chi connectivity index (χ0v) is 22.9. The summed E-state index contributed by atoms with van der Waals surface area (Å²) in [6, 6.07) is 11.2. The molecule has 2 N–H and O–H groups in total. The summed E-state index contributed by atoms with van der Waals surface area (Å²) in [6.07, 6.45) is -4.34. The van der Waals surface area contributed by atoms with Gasteiger partial charge in [0.05, 0.1) is 5.69 Å². The van der Waals surface area contributed by atoms with E-state index in [1.165, 1.54) is 6.08 Å². The third-order valence-electron chi connectivity index (χ3n) is 8.87. The number of benzene rings is 2. The quantitative estimate of drug-likeness (QED) is 0.445. The number of alkyl halides is 3. The summed E-state index contributed by atoms with van der Waals surface area (Å²) in [4.78, 5) is 22.8. The average Bonchev–Trinajstić information content (AvgIpc) is 3.36. The van der Waals surface area contributed by atoms with Gasteiger partial charge in [0.15, 0.2) is 6.10 Å². The Morgan fingerprint density at radius 2 is 1.98 bits per heavy atom. The highest BCUT2D eigenvalue weighted by molar-refractivity contribution is 5.99. The summed E-state index contributed by atoms with van der Waals surface area (Å²) in [6.45, 7) is 8.55. The number of nitrogens with zero attached hydrogens (tertiary/aromatic N) is 4. The van der Waals surface area contributed by atoms with E-state index in [0.717, 1.165) is 64.0 Å². The van der Waals surface area contributed by atoms with Crippen molar-refractivity contribution in [3.8, 4) is 16.9 Å². The summed E-state index contributed by atoms with van der Waals surface area (Å²) in [5.74, 6) is 0.912. The number of halogens is 3. The van der Waals surface area contributed by atoms with Crippen LogP contribution in [0, 0.1) is 12.3 Å². The number of β-amino-alcohol motifs (C(OH)–C–C–N with tert-alkyl or cyclic N) is 1. The topological polar surface area (TPSA) is 80.1 Å². The number of aromatic nitrogens is 1. The van der Waals surface area contributed by atoms with E-state index in [9.17, 15) is 28.2 Å². The molecule has 0 aliphatic carbocycles. The number of anilines is 1. The molecule has 2 saturated heterocycles. The second-order valence-corrected chi connectivity index (χ2v) is 11.7. The van der Waals surface area contributed by atoms with Crippen LogP contribution < -0.4 is 4.90 Å². The highest BCUT2D eigenvalue weighted by Crippen LogP contribution is 2.45. The predicted octanol–water partition coefficient (Wildman–Crippen LogP) is 4.42. The number of carbonyl (C=O) groups excluding carboxylic acids is 1. The van der Waals surface area contributed by atoms with Gasteiger partial charge < -0.3 is 20.0 Å². The van der Waals surface area contributed by atoms with Gasteiger partial charge in [0.25, 0.3) is 0 Å². The van der Waals surface area contributed by atoms with Gasteiger partial charge in [-0.05, 0) is 71.0 Å². The fraction of sp³-hybridized carbons (Fsp3) is 0.419. The maximum Gasteiger partial charge on any atom is 0.415 e. The number of pyridine rings is 1. The van der Waals surface area contributed by atoms with Crippen molar-refractivity contribution >= 4 is 22.5 Å². The largest absolute Gasteiger partial charge is 0.508 e. The Labute approximate surface area is 236 Å². The van der Waals surface area contributed by atoms with Gasteiger partial charge in [-0.3, -0.25) is 9.69 Å². The SMILES string of the molecule is C=CC(=O)N1CC2(CCN(c3nc4c(c(-c5cccc6cc(O)ccc56)c3C)CCN(C[C@H](O)C(F)(F)F)C4)C2)C1. The molecule has 7 nitrogen and oxygen atoms in total. The molecular formula is C31H33F3N4O3. The van der Waals surface area contributed by atoms with E-state index < -0.39 is 18.8 Å². The van der Waals surface area contributed by atoms with Gasteiger partial charge in [-0.25, -0.2) is 4.98 Å². The first-order valence-corrected chi connectivity index (χ1v) is 13.9. The first-order valence-electron chi connectivity index (χ1n) is 13.9. The molecule has 3 aliphatic heterocycles. The van der Waals surface area contributed by atoms with Crippen LogP contribution in [0.15, 0.2) is 49.1 Å². The maximum atomic E-state index is 13.1. The zero-order chi connectivity index (χ0) is 29.1. The van der Waals surface area contributed by atoms with Crippen LogP contribution in [-0.4, -0.2) is 82.5 Å². The Hall–Kier alpha value is -3.63. The summed E-state index contributed by atoms with van der Waals surface area (Å²) in [5.41, 5.74) is 4.73. The van der Waals surface area contributed by atoms with Crippen molar-refractivity contribution in [2.24, 2.45) is 5.41 Å². The second kappa shape index (κ2) is 10.0. The van der Waals surface area contributed by atoms with E-state index >= 15 is 0 Å². The minimum absolute atomic E-state index is 0.0112. The molecule has 3 aliphatic rings. The Bertz CT molecular complexity index is 1530. The van der Waals surface area contributed by atoms with E-state index in [1.807, 2.05) is 24.3 Å². The van der Waals surface area contributed by atoms with Gasteiger partial charge >= 0.3 is 6.18 Å². The molecule has 2 aromatic carbocycles. The molecule has 0 unspecified atom stereocenters. The molecule has 0 saturated carbocycles. The van der Waals surface area contributed by atoms with E-state index in [1.54, 1.807) is 21.9 Å². The number of likely N-dealkylation sites (tertiary alicyclic amines) is 1. The Kier molecular flexibility index (Phi) is 6.73. The van der Waals surface area contributed by atoms with Gasteiger partial charge in [0.2, 0.25) is 5.91 Å². The fourth-order valence-electron chi connectivity index (χ4n) is 6.81. The number of phenolic OH excluding ortho intramolecular Hbond substituents is 1. The number of hydrogen-bond donors (Lipinski definition) is 2. The number of carbonyl (C=O) groups is 1. The molecule has 0 radical (unpaired) electrons. The van der Waals surface area contributed by atoms with Crippen molar-refractivity contribution in [1.82, 2.24) is 14.8 Å².